The van der Waals surface area contributed by atoms with Gasteiger partial charge >= 0.3 is 0 Å². The van der Waals surface area contributed by atoms with Gasteiger partial charge in [0.2, 0.25) is 0 Å². The lowest BCUT2D eigenvalue weighted by molar-refractivity contribution is 0.451. The van der Waals surface area contributed by atoms with Crippen LogP contribution in [-0.4, -0.2) is 29.7 Å². The number of sulfone groups is 1. The van der Waals surface area contributed by atoms with Crippen LogP contribution >= 0.6 is 15.9 Å². The molecule has 0 aromatic carbocycles. The second kappa shape index (κ2) is 4.12. The van der Waals surface area contributed by atoms with Crippen molar-refractivity contribution in [2.24, 2.45) is 18.7 Å². The first kappa shape index (κ1) is 12.1. The molecule has 2 heterocycles. The minimum absolute atomic E-state index is 0.00306. The van der Waals surface area contributed by atoms with Gasteiger partial charge in [0, 0.05) is 7.05 Å². The van der Waals surface area contributed by atoms with E-state index < -0.39 is 9.84 Å². The largest absolute Gasteiger partial charge is 0.322 e. The maximum atomic E-state index is 11.4. The Morgan fingerprint density at radius 3 is 2.81 bits per heavy atom. The second-order valence-electron chi connectivity index (χ2n) is 4.19. The van der Waals surface area contributed by atoms with Gasteiger partial charge < -0.3 is 5.73 Å². The van der Waals surface area contributed by atoms with E-state index in [1.807, 2.05) is 7.05 Å². The second-order valence-corrected chi connectivity index (χ2v) is 7.27. The number of aryl methyl sites for hydroxylation is 1. The molecule has 0 amide bonds. The third-order valence-electron chi connectivity index (χ3n) is 3.03. The van der Waals surface area contributed by atoms with Gasteiger partial charge in [-0.2, -0.15) is 5.10 Å². The van der Waals surface area contributed by atoms with Crippen molar-refractivity contribution < 1.29 is 8.42 Å². The number of aromatic nitrogens is 2. The molecule has 0 saturated carbocycles. The molecule has 0 aliphatic carbocycles. The van der Waals surface area contributed by atoms with Crippen LogP contribution in [0.5, 0.6) is 0 Å². The summed E-state index contributed by atoms with van der Waals surface area (Å²) in [7, 11) is -1.07. The molecule has 2 rings (SSSR count). The first-order valence-corrected chi connectivity index (χ1v) is 7.65. The first-order valence-electron chi connectivity index (χ1n) is 5.04. The van der Waals surface area contributed by atoms with Crippen LogP contribution in [0.15, 0.2) is 10.7 Å². The summed E-state index contributed by atoms with van der Waals surface area (Å²) < 4.78 is 25.3. The van der Waals surface area contributed by atoms with Gasteiger partial charge in [-0.1, -0.05) is 0 Å². The summed E-state index contributed by atoms with van der Waals surface area (Å²) in [6, 6.07) is -0.279. The zero-order chi connectivity index (χ0) is 11.9. The van der Waals surface area contributed by atoms with Crippen LogP contribution in [0.4, 0.5) is 0 Å². The fourth-order valence-electron chi connectivity index (χ4n) is 2.13. The summed E-state index contributed by atoms with van der Waals surface area (Å²) in [4.78, 5) is 0. The normalized spacial score (nSPS) is 25.8. The van der Waals surface area contributed by atoms with Crippen LogP contribution in [0.2, 0.25) is 0 Å². The molecule has 1 aromatic rings. The summed E-state index contributed by atoms with van der Waals surface area (Å²) in [6.07, 6.45) is 2.32. The van der Waals surface area contributed by atoms with Gasteiger partial charge in [0.1, 0.15) is 0 Å². The molecule has 0 bridgehead atoms. The standard InChI is InChI=1S/C9H14BrN3O2S/c1-13-9(7(10)4-12-13)8(11)6-2-3-16(14,15)5-6/h4,6,8H,2-3,5,11H2,1H3. The minimum Gasteiger partial charge on any atom is -0.322 e. The van der Waals surface area contributed by atoms with E-state index in [4.69, 9.17) is 5.73 Å². The lowest BCUT2D eigenvalue weighted by atomic mass is 9.97. The van der Waals surface area contributed by atoms with Crippen molar-refractivity contribution in [3.63, 3.8) is 0 Å². The van der Waals surface area contributed by atoms with Crippen molar-refractivity contribution in [1.82, 2.24) is 9.78 Å². The maximum Gasteiger partial charge on any atom is 0.150 e. The third-order valence-corrected chi connectivity index (χ3v) is 5.43. The molecular formula is C9H14BrN3O2S. The molecule has 0 radical (unpaired) electrons. The van der Waals surface area contributed by atoms with Crippen LogP contribution in [0.3, 0.4) is 0 Å². The van der Waals surface area contributed by atoms with Crippen molar-refractivity contribution in [1.29, 1.82) is 0 Å². The summed E-state index contributed by atoms with van der Waals surface area (Å²) in [5.74, 6) is 0.434. The van der Waals surface area contributed by atoms with Gasteiger partial charge in [-0.3, -0.25) is 4.68 Å². The van der Waals surface area contributed by atoms with Gasteiger partial charge in [-0.25, -0.2) is 8.42 Å². The first-order chi connectivity index (χ1) is 7.41. The smallest absolute Gasteiger partial charge is 0.150 e. The van der Waals surface area contributed by atoms with Crippen molar-refractivity contribution in [3.8, 4) is 0 Å². The molecule has 16 heavy (non-hydrogen) atoms. The highest BCUT2D eigenvalue weighted by molar-refractivity contribution is 9.10. The molecule has 2 atom stereocenters. The van der Waals surface area contributed by atoms with E-state index in [-0.39, 0.29) is 23.5 Å². The Hall–Kier alpha value is -0.400. The zero-order valence-corrected chi connectivity index (χ0v) is 11.3. The van der Waals surface area contributed by atoms with E-state index in [1.54, 1.807) is 10.9 Å². The predicted octanol–water partition coefficient (Wildman–Crippen LogP) is 0.617. The third kappa shape index (κ3) is 2.16. The Labute approximate surface area is 103 Å². The molecule has 1 aromatic heterocycles. The van der Waals surface area contributed by atoms with Crippen molar-refractivity contribution in [2.75, 3.05) is 11.5 Å². The zero-order valence-electron chi connectivity index (χ0n) is 8.93. The van der Waals surface area contributed by atoms with Crippen LogP contribution in [-0.2, 0) is 16.9 Å². The molecule has 1 aliphatic heterocycles. The number of nitrogens with two attached hydrogens (primary N) is 1. The van der Waals surface area contributed by atoms with Gasteiger partial charge in [-0.15, -0.1) is 0 Å². The lowest BCUT2D eigenvalue weighted by Crippen LogP contribution is -2.25. The Morgan fingerprint density at radius 1 is 1.69 bits per heavy atom. The molecule has 90 valence electrons. The molecule has 2 unspecified atom stereocenters. The number of halogens is 1. The summed E-state index contributed by atoms with van der Waals surface area (Å²) in [5, 5.41) is 4.09. The molecule has 2 N–H and O–H groups in total. The quantitative estimate of drug-likeness (QED) is 0.868. The number of nitrogens with zero attached hydrogens (tertiary/aromatic N) is 2. The van der Waals surface area contributed by atoms with E-state index in [0.717, 1.165) is 10.2 Å². The summed E-state index contributed by atoms with van der Waals surface area (Å²) in [5.41, 5.74) is 6.98. The maximum absolute atomic E-state index is 11.4. The van der Waals surface area contributed by atoms with Crippen LogP contribution in [0.25, 0.3) is 0 Å². The molecule has 5 nitrogen and oxygen atoms in total. The van der Waals surface area contributed by atoms with Gasteiger partial charge in [0.05, 0.1) is 33.9 Å². The average Bonchev–Trinajstić information content (AvgIpc) is 2.70. The molecule has 0 spiro atoms. The van der Waals surface area contributed by atoms with E-state index >= 15 is 0 Å². The van der Waals surface area contributed by atoms with E-state index in [0.29, 0.717) is 6.42 Å². The topological polar surface area (TPSA) is 78.0 Å². The van der Waals surface area contributed by atoms with Crippen LogP contribution in [0.1, 0.15) is 18.2 Å². The monoisotopic (exact) mass is 307 g/mol. The van der Waals surface area contributed by atoms with Crippen LogP contribution < -0.4 is 5.73 Å². The molecule has 1 saturated heterocycles. The van der Waals surface area contributed by atoms with Crippen LogP contribution in [0, 0.1) is 5.92 Å². The fourth-order valence-corrected chi connectivity index (χ4v) is 4.59. The number of hydrogen-bond donors (Lipinski definition) is 1. The van der Waals surface area contributed by atoms with Crippen molar-refractivity contribution >= 4 is 25.8 Å². The minimum atomic E-state index is -2.88. The Bertz CT molecular complexity index is 477. The molecule has 1 aliphatic rings. The highest BCUT2D eigenvalue weighted by Gasteiger charge is 2.34. The summed E-state index contributed by atoms with van der Waals surface area (Å²) >= 11 is 3.38. The number of hydrogen-bond acceptors (Lipinski definition) is 4. The lowest BCUT2D eigenvalue weighted by Gasteiger charge is -2.18. The fraction of sp³-hybridized carbons (Fsp3) is 0.667. The van der Waals surface area contributed by atoms with Crippen molar-refractivity contribution in [2.45, 2.75) is 12.5 Å². The molecule has 1 fully saturated rings. The van der Waals surface area contributed by atoms with E-state index in [1.165, 1.54) is 0 Å². The SMILES string of the molecule is Cn1ncc(Br)c1C(N)C1CCS(=O)(=O)C1. The summed E-state index contributed by atoms with van der Waals surface area (Å²) in [6.45, 7) is 0. The number of rotatable bonds is 2. The van der Waals surface area contributed by atoms with Gasteiger partial charge in [-0.05, 0) is 28.3 Å². The Balaban J connectivity index is 2.24. The van der Waals surface area contributed by atoms with Crippen molar-refractivity contribution in [3.05, 3.63) is 16.4 Å². The highest BCUT2D eigenvalue weighted by atomic mass is 79.9. The average molecular weight is 308 g/mol. The van der Waals surface area contributed by atoms with Gasteiger partial charge in [0.15, 0.2) is 9.84 Å². The molecular weight excluding hydrogens is 294 g/mol. The Morgan fingerprint density at radius 2 is 2.38 bits per heavy atom. The predicted molar refractivity (Wildman–Crippen MR) is 64.6 cm³/mol. The molecule has 7 heteroatoms. The highest BCUT2D eigenvalue weighted by Crippen LogP contribution is 2.32. The van der Waals surface area contributed by atoms with E-state index in [2.05, 4.69) is 21.0 Å². The van der Waals surface area contributed by atoms with Gasteiger partial charge in [0.25, 0.3) is 0 Å². The Kier molecular flexibility index (Phi) is 3.11. The van der Waals surface area contributed by atoms with E-state index in [9.17, 15) is 8.42 Å².